The van der Waals surface area contributed by atoms with Crippen molar-refractivity contribution in [2.45, 2.75) is 46.6 Å². The summed E-state index contributed by atoms with van der Waals surface area (Å²) in [5.74, 6) is 0.904. The summed E-state index contributed by atoms with van der Waals surface area (Å²) in [7, 11) is 1.93. The lowest BCUT2D eigenvalue weighted by Crippen LogP contribution is -2.26. The Morgan fingerprint density at radius 3 is 2.50 bits per heavy atom. The summed E-state index contributed by atoms with van der Waals surface area (Å²) in [6, 6.07) is 7.83. The Bertz CT molecular complexity index is 689. The molecule has 130 valence electrons. The van der Waals surface area contributed by atoms with Crippen LogP contribution in [0.2, 0.25) is 0 Å². The number of carbonyl (C=O) groups is 1. The Hall–Kier alpha value is -2.30. The molecule has 0 saturated carbocycles. The van der Waals surface area contributed by atoms with Gasteiger partial charge in [0.25, 0.3) is 0 Å². The van der Waals surface area contributed by atoms with E-state index in [4.69, 9.17) is 4.74 Å². The molecule has 1 amide bonds. The van der Waals surface area contributed by atoms with Gasteiger partial charge < -0.3 is 10.1 Å². The van der Waals surface area contributed by atoms with E-state index in [2.05, 4.69) is 10.4 Å². The van der Waals surface area contributed by atoms with E-state index in [1.807, 2.05) is 63.7 Å². The number of carbonyl (C=O) groups excluding carboxylic acids is 1. The monoisotopic (exact) mass is 329 g/mol. The van der Waals surface area contributed by atoms with Crippen LogP contribution in [0.25, 0.3) is 0 Å². The average Bonchev–Trinajstić information content (AvgIpc) is 2.79. The van der Waals surface area contributed by atoms with Gasteiger partial charge in [-0.25, -0.2) is 0 Å². The Kier molecular flexibility index (Phi) is 6.01. The fourth-order valence-electron chi connectivity index (χ4n) is 2.83. The largest absolute Gasteiger partial charge is 0.494 e. The first-order valence-electron chi connectivity index (χ1n) is 8.43. The van der Waals surface area contributed by atoms with Gasteiger partial charge in [-0.2, -0.15) is 5.10 Å². The van der Waals surface area contributed by atoms with Crippen LogP contribution in [0.3, 0.4) is 0 Å². The molecular weight excluding hydrogens is 302 g/mol. The fraction of sp³-hybridized carbons (Fsp3) is 0.474. The number of hydrogen-bond acceptors (Lipinski definition) is 3. The maximum Gasteiger partial charge on any atom is 0.220 e. The molecule has 0 radical (unpaired) electrons. The number of ether oxygens (including phenoxy) is 1. The molecule has 1 atom stereocenters. The highest BCUT2D eigenvalue weighted by Crippen LogP contribution is 2.18. The molecule has 5 nitrogen and oxygen atoms in total. The van der Waals surface area contributed by atoms with Crippen LogP contribution >= 0.6 is 0 Å². The first kappa shape index (κ1) is 18.0. The van der Waals surface area contributed by atoms with Crippen molar-refractivity contribution < 1.29 is 9.53 Å². The molecule has 0 fully saturated rings. The van der Waals surface area contributed by atoms with Gasteiger partial charge in [0.1, 0.15) is 5.75 Å². The molecule has 24 heavy (non-hydrogen) atoms. The molecule has 1 N–H and O–H groups in total. The van der Waals surface area contributed by atoms with Crippen LogP contribution in [-0.4, -0.2) is 22.3 Å². The van der Waals surface area contributed by atoms with E-state index in [0.717, 1.165) is 22.7 Å². The second kappa shape index (κ2) is 7.99. The highest BCUT2D eigenvalue weighted by molar-refractivity contribution is 5.76. The van der Waals surface area contributed by atoms with E-state index in [1.54, 1.807) is 0 Å². The van der Waals surface area contributed by atoms with Crippen molar-refractivity contribution >= 4 is 5.91 Å². The smallest absolute Gasteiger partial charge is 0.220 e. The molecule has 1 aromatic heterocycles. The van der Waals surface area contributed by atoms with Gasteiger partial charge in [-0.15, -0.1) is 0 Å². The lowest BCUT2D eigenvalue weighted by Gasteiger charge is -2.15. The molecular formula is C19H27N3O2. The van der Waals surface area contributed by atoms with Gasteiger partial charge >= 0.3 is 0 Å². The van der Waals surface area contributed by atoms with E-state index in [0.29, 0.717) is 19.4 Å². The summed E-state index contributed by atoms with van der Waals surface area (Å²) in [5, 5.41) is 7.45. The van der Waals surface area contributed by atoms with Crippen LogP contribution in [0.15, 0.2) is 24.3 Å². The van der Waals surface area contributed by atoms with Gasteiger partial charge in [-0.05, 0) is 57.4 Å². The zero-order valence-electron chi connectivity index (χ0n) is 15.2. The summed E-state index contributed by atoms with van der Waals surface area (Å²) in [4.78, 5) is 12.2. The van der Waals surface area contributed by atoms with Crippen molar-refractivity contribution in [2.24, 2.45) is 7.05 Å². The van der Waals surface area contributed by atoms with Gasteiger partial charge in [-0.3, -0.25) is 9.48 Å². The van der Waals surface area contributed by atoms with Crippen molar-refractivity contribution in [1.29, 1.82) is 0 Å². The molecule has 0 saturated heterocycles. The lowest BCUT2D eigenvalue weighted by atomic mass is 10.1. The van der Waals surface area contributed by atoms with Crippen LogP contribution in [0.5, 0.6) is 5.75 Å². The first-order chi connectivity index (χ1) is 11.4. The standard InChI is InChI=1S/C19H27N3O2/c1-6-24-17-9-7-16(8-10-17)13(2)20-19(23)12-11-18-14(3)21-22(5)15(18)4/h7-10,13H,6,11-12H2,1-5H3,(H,20,23). The number of aryl methyl sites for hydroxylation is 2. The van der Waals surface area contributed by atoms with Crippen LogP contribution < -0.4 is 10.1 Å². The zero-order valence-corrected chi connectivity index (χ0v) is 15.2. The molecule has 0 spiro atoms. The van der Waals surface area contributed by atoms with Crippen LogP contribution in [-0.2, 0) is 18.3 Å². The Morgan fingerprint density at radius 2 is 1.96 bits per heavy atom. The summed E-state index contributed by atoms with van der Waals surface area (Å²) >= 11 is 0. The number of amides is 1. The van der Waals surface area contributed by atoms with Crippen LogP contribution in [0, 0.1) is 13.8 Å². The molecule has 1 unspecified atom stereocenters. The third kappa shape index (κ3) is 4.37. The van der Waals surface area contributed by atoms with Gasteiger partial charge in [-0.1, -0.05) is 12.1 Å². The third-order valence-electron chi connectivity index (χ3n) is 4.33. The molecule has 1 heterocycles. The third-order valence-corrected chi connectivity index (χ3v) is 4.33. The van der Waals surface area contributed by atoms with Crippen molar-refractivity contribution in [1.82, 2.24) is 15.1 Å². The van der Waals surface area contributed by atoms with Gasteiger partial charge in [0, 0.05) is 19.2 Å². The summed E-state index contributed by atoms with van der Waals surface area (Å²) in [6.07, 6.45) is 1.18. The van der Waals surface area contributed by atoms with Crippen molar-refractivity contribution in [3.05, 3.63) is 46.8 Å². The number of aromatic nitrogens is 2. The van der Waals surface area contributed by atoms with E-state index in [1.165, 1.54) is 5.56 Å². The minimum absolute atomic E-state index is 0.0238. The number of hydrogen-bond donors (Lipinski definition) is 1. The summed E-state index contributed by atoms with van der Waals surface area (Å²) in [5.41, 5.74) is 4.36. The van der Waals surface area contributed by atoms with Crippen molar-refractivity contribution in [3.63, 3.8) is 0 Å². The number of rotatable bonds is 7. The van der Waals surface area contributed by atoms with Crippen LogP contribution in [0.4, 0.5) is 0 Å². The molecule has 5 heteroatoms. The van der Waals surface area contributed by atoms with E-state index < -0.39 is 0 Å². The van der Waals surface area contributed by atoms with Gasteiger partial charge in [0.2, 0.25) is 5.91 Å². The average molecular weight is 329 g/mol. The minimum Gasteiger partial charge on any atom is -0.494 e. The molecule has 0 aliphatic carbocycles. The van der Waals surface area contributed by atoms with Crippen molar-refractivity contribution in [3.8, 4) is 5.75 Å². The normalized spacial score (nSPS) is 12.0. The van der Waals surface area contributed by atoms with Gasteiger partial charge in [0.05, 0.1) is 18.3 Å². The molecule has 0 bridgehead atoms. The van der Waals surface area contributed by atoms with E-state index >= 15 is 0 Å². The predicted octanol–water partition coefficient (Wildman–Crippen LogP) is 3.25. The van der Waals surface area contributed by atoms with E-state index in [9.17, 15) is 4.79 Å². The summed E-state index contributed by atoms with van der Waals surface area (Å²) < 4.78 is 7.30. The Balaban J connectivity index is 1.89. The molecule has 0 aliphatic rings. The second-order valence-corrected chi connectivity index (χ2v) is 6.06. The molecule has 2 rings (SSSR count). The topological polar surface area (TPSA) is 56.1 Å². The summed E-state index contributed by atoms with van der Waals surface area (Å²) in [6.45, 7) is 8.63. The number of nitrogens with one attached hydrogen (secondary N) is 1. The predicted molar refractivity (Wildman–Crippen MR) is 95.2 cm³/mol. The minimum atomic E-state index is -0.0238. The van der Waals surface area contributed by atoms with E-state index in [-0.39, 0.29) is 11.9 Å². The second-order valence-electron chi connectivity index (χ2n) is 6.06. The van der Waals surface area contributed by atoms with Crippen LogP contribution in [0.1, 0.15) is 48.8 Å². The lowest BCUT2D eigenvalue weighted by molar-refractivity contribution is -0.121. The quantitative estimate of drug-likeness (QED) is 0.848. The highest BCUT2D eigenvalue weighted by atomic mass is 16.5. The highest BCUT2D eigenvalue weighted by Gasteiger charge is 2.13. The first-order valence-corrected chi connectivity index (χ1v) is 8.43. The zero-order chi connectivity index (χ0) is 17.7. The molecule has 0 aliphatic heterocycles. The molecule has 1 aromatic carbocycles. The molecule has 2 aromatic rings. The van der Waals surface area contributed by atoms with Crippen molar-refractivity contribution in [2.75, 3.05) is 6.61 Å². The number of benzene rings is 1. The Morgan fingerprint density at radius 1 is 1.29 bits per heavy atom. The maximum atomic E-state index is 12.2. The fourth-order valence-corrected chi connectivity index (χ4v) is 2.83. The maximum absolute atomic E-state index is 12.2. The van der Waals surface area contributed by atoms with Gasteiger partial charge in [0.15, 0.2) is 0 Å². The number of nitrogens with zero attached hydrogens (tertiary/aromatic N) is 2. The SMILES string of the molecule is CCOc1ccc(C(C)NC(=O)CCc2c(C)nn(C)c2C)cc1. The Labute approximate surface area is 144 Å².